The molecule has 2 nitrogen and oxygen atoms in total. The first kappa shape index (κ1) is 13.4. The van der Waals surface area contributed by atoms with Gasteiger partial charge in [-0.2, -0.15) is 5.26 Å². The van der Waals surface area contributed by atoms with E-state index in [1.54, 1.807) is 18.2 Å². The van der Waals surface area contributed by atoms with Crippen LogP contribution in [0.25, 0.3) is 0 Å². The highest BCUT2D eigenvalue weighted by Crippen LogP contribution is 2.26. The molecule has 0 aliphatic carbocycles. The van der Waals surface area contributed by atoms with Crippen LogP contribution < -0.4 is 4.74 Å². The topological polar surface area (TPSA) is 33.0 Å². The van der Waals surface area contributed by atoms with E-state index >= 15 is 0 Å². The lowest BCUT2D eigenvalue weighted by Crippen LogP contribution is -1.98. The fourth-order valence-electron chi connectivity index (χ4n) is 1.63. The van der Waals surface area contributed by atoms with Gasteiger partial charge in [0.2, 0.25) is 0 Å². The molecule has 0 unspecified atom stereocenters. The van der Waals surface area contributed by atoms with Crippen LogP contribution in [0.15, 0.2) is 36.4 Å². The highest BCUT2D eigenvalue weighted by molar-refractivity contribution is 6.32. The molecule has 19 heavy (non-hydrogen) atoms. The van der Waals surface area contributed by atoms with E-state index in [0.29, 0.717) is 10.8 Å². The zero-order chi connectivity index (χ0) is 13.8. The van der Waals surface area contributed by atoms with Crippen molar-refractivity contribution in [3.8, 4) is 11.8 Å². The molecule has 0 radical (unpaired) electrons. The van der Waals surface area contributed by atoms with E-state index in [1.807, 2.05) is 19.1 Å². The van der Waals surface area contributed by atoms with Crippen LogP contribution in [0, 0.1) is 24.1 Å². The molecule has 0 amide bonds. The van der Waals surface area contributed by atoms with Gasteiger partial charge < -0.3 is 4.74 Å². The summed E-state index contributed by atoms with van der Waals surface area (Å²) in [6.07, 6.45) is 0. The molecule has 0 aliphatic rings. The number of benzene rings is 2. The largest absolute Gasteiger partial charge is 0.487 e. The molecule has 0 heterocycles. The Bertz CT molecular complexity index is 649. The van der Waals surface area contributed by atoms with Crippen LogP contribution in [0.3, 0.4) is 0 Å². The predicted molar refractivity (Wildman–Crippen MR) is 71.6 cm³/mol. The summed E-state index contributed by atoms with van der Waals surface area (Å²) >= 11 is 6.01. The molecular weight excluding hydrogens is 265 g/mol. The van der Waals surface area contributed by atoms with Gasteiger partial charge in [0, 0.05) is 0 Å². The standard InChI is InChI=1S/C15H11ClFNO/c1-10-2-4-13(16)15(6-10)19-9-11-3-5-14(17)12(7-11)8-18/h2-7H,9H2,1H3. The number of hydrogen-bond acceptors (Lipinski definition) is 2. The van der Waals surface area contributed by atoms with Gasteiger partial charge in [-0.1, -0.05) is 23.7 Å². The van der Waals surface area contributed by atoms with Crippen molar-refractivity contribution >= 4 is 11.6 Å². The molecule has 96 valence electrons. The second kappa shape index (κ2) is 5.73. The van der Waals surface area contributed by atoms with E-state index < -0.39 is 5.82 Å². The van der Waals surface area contributed by atoms with Gasteiger partial charge in [-0.05, 0) is 42.3 Å². The summed E-state index contributed by atoms with van der Waals surface area (Å²) in [7, 11) is 0. The molecule has 0 spiro atoms. The number of ether oxygens (including phenoxy) is 1. The van der Waals surface area contributed by atoms with Crippen LogP contribution in [-0.2, 0) is 6.61 Å². The molecule has 2 aromatic carbocycles. The lowest BCUT2D eigenvalue weighted by Gasteiger charge is -2.09. The number of rotatable bonds is 3. The summed E-state index contributed by atoms with van der Waals surface area (Å²) in [5.41, 5.74) is 1.77. The summed E-state index contributed by atoms with van der Waals surface area (Å²) < 4.78 is 18.7. The molecule has 0 N–H and O–H groups in total. The monoisotopic (exact) mass is 275 g/mol. The van der Waals surface area contributed by atoms with Gasteiger partial charge in [0.15, 0.2) is 0 Å². The van der Waals surface area contributed by atoms with Gasteiger partial charge >= 0.3 is 0 Å². The fourth-order valence-corrected chi connectivity index (χ4v) is 1.80. The first-order valence-electron chi connectivity index (χ1n) is 5.67. The summed E-state index contributed by atoms with van der Waals surface area (Å²) in [5, 5.41) is 9.28. The summed E-state index contributed by atoms with van der Waals surface area (Å²) in [6.45, 7) is 2.17. The van der Waals surface area contributed by atoms with Gasteiger partial charge in [-0.15, -0.1) is 0 Å². The van der Waals surface area contributed by atoms with E-state index in [9.17, 15) is 4.39 Å². The Labute approximate surface area is 116 Å². The van der Waals surface area contributed by atoms with Gasteiger partial charge in [0.1, 0.15) is 24.2 Å². The highest BCUT2D eigenvalue weighted by atomic mass is 35.5. The SMILES string of the molecule is Cc1ccc(Cl)c(OCc2ccc(F)c(C#N)c2)c1. The molecule has 4 heteroatoms. The van der Waals surface area contributed by atoms with E-state index in [4.69, 9.17) is 21.6 Å². The minimum atomic E-state index is -0.528. The third-order valence-electron chi connectivity index (χ3n) is 2.63. The molecule has 0 aliphatic heterocycles. The Hall–Kier alpha value is -2.05. The molecule has 0 bridgehead atoms. The smallest absolute Gasteiger partial charge is 0.140 e. The Morgan fingerprint density at radius 2 is 2.05 bits per heavy atom. The first-order chi connectivity index (χ1) is 9.10. The van der Waals surface area contributed by atoms with Crippen LogP contribution in [0.4, 0.5) is 4.39 Å². The number of halogens is 2. The van der Waals surface area contributed by atoms with Crippen molar-refractivity contribution in [2.75, 3.05) is 0 Å². The van der Waals surface area contributed by atoms with Crippen LogP contribution in [-0.4, -0.2) is 0 Å². The van der Waals surface area contributed by atoms with Crippen molar-refractivity contribution in [2.24, 2.45) is 0 Å². The lowest BCUT2D eigenvalue weighted by molar-refractivity contribution is 0.306. The van der Waals surface area contributed by atoms with Crippen LogP contribution in [0.5, 0.6) is 5.75 Å². The highest BCUT2D eigenvalue weighted by Gasteiger charge is 2.05. The molecule has 2 aromatic rings. The zero-order valence-electron chi connectivity index (χ0n) is 10.3. The minimum Gasteiger partial charge on any atom is -0.487 e. The van der Waals surface area contributed by atoms with Crippen molar-refractivity contribution in [3.63, 3.8) is 0 Å². The van der Waals surface area contributed by atoms with E-state index in [2.05, 4.69) is 0 Å². The molecule has 2 rings (SSSR count). The van der Waals surface area contributed by atoms with E-state index in [0.717, 1.165) is 11.1 Å². The Kier molecular flexibility index (Phi) is 4.03. The molecular formula is C15H11ClFNO. The summed E-state index contributed by atoms with van der Waals surface area (Å²) in [4.78, 5) is 0. The number of hydrogen-bond donors (Lipinski definition) is 0. The third kappa shape index (κ3) is 3.24. The molecule has 0 atom stereocenters. The maximum Gasteiger partial charge on any atom is 0.140 e. The minimum absolute atomic E-state index is 0.0106. The van der Waals surface area contributed by atoms with Crippen LogP contribution >= 0.6 is 11.6 Å². The molecule has 0 aromatic heterocycles. The second-order valence-corrected chi connectivity index (χ2v) is 4.56. The van der Waals surface area contributed by atoms with E-state index in [-0.39, 0.29) is 12.2 Å². The maximum atomic E-state index is 13.2. The number of nitrogens with zero attached hydrogens (tertiary/aromatic N) is 1. The molecule has 0 saturated heterocycles. The van der Waals surface area contributed by atoms with Gasteiger partial charge in [-0.25, -0.2) is 4.39 Å². The Balaban J connectivity index is 2.15. The van der Waals surface area contributed by atoms with E-state index in [1.165, 1.54) is 12.1 Å². The Morgan fingerprint density at radius 1 is 1.26 bits per heavy atom. The fraction of sp³-hybridized carbons (Fsp3) is 0.133. The zero-order valence-corrected chi connectivity index (χ0v) is 11.0. The number of nitriles is 1. The van der Waals surface area contributed by atoms with Crippen molar-refractivity contribution < 1.29 is 9.13 Å². The van der Waals surface area contributed by atoms with Crippen molar-refractivity contribution in [1.29, 1.82) is 5.26 Å². The lowest BCUT2D eigenvalue weighted by atomic mass is 10.1. The normalized spacial score (nSPS) is 10.0. The van der Waals surface area contributed by atoms with Crippen LogP contribution in [0.1, 0.15) is 16.7 Å². The number of aryl methyl sites for hydroxylation is 1. The quantitative estimate of drug-likeness (QED) is 0.839. The second-order valence-electron chi connectivity index (χ2n) is 4.15. The maximum absolute atomic E-state index is 13.2. The Morgan fingerprint density at radius 3 is 2.79 bits per heavy atom. The van der Waals surface area contributed by atoms with Gasteiger partial charge in [-0.3, -0.25) is 0 Å². The first-order valence-corrected chi connectivity index (χ1v) is 6.05. The van der Waals surface area contributed by atoms with Gasteiger partial charge in [0.05, 0.1) is 10.6 Å². The average molecular weight is 276 g/mol. The van der Waals surface area contributed by atoms with Gasteiger partial charge in [0.25, 0.3) is 0 Å². The van der Waals surface area contributed by atoms with Crippen molar-refractivity contribution in [1.82, 2.24) is 0 Å². The summed E-state index contributed by atoms with van der Waals surface area (Å²) in [5.74, 6) is 0.0457. The predicted octanol–water partition coefficient (Wildman–Crippen LogP) is 4.24. The summed E-state index contributed by atoms with van der Waals surface area (Å²) in [6, 6.07) is 11.6. The van der Waals surface area contributed by atoms with Crippen LogP contribution in [0.2, 0.25) is 5.02 Å². The third-order valence-corrected chi connectivity index (χ3v) is 2.94. The van der Waals surface area contributed by atoms with Crippen molar-refractivity contribution in [2.45, 2.75) is 13.5 Å². The molecule has 0 saturated carbocycles. The molecule has 0 fully saturated rings. The average Bonchev–Trinajstić information content (AvgIpc) is 2.41. The van der Waals surface area contributed by atoms with Crippen molar-refractivity contribution in [3.05, 3.63) is 63.9 Å².